The molecule has 0 spiro atoms. The highest BCUT2D eigenvalue weighted by molar-refractivity contribution is 7.85. The number of nitrogens with zero attached hydrogens (tertiary/aromatic N) is 1. The van der Waals surface area contributed by atoms with Crippen molar-refractivity contribution in [2.45, 2.75) is 0 Å². The lowest BCUT2D eigenvalue weighted by molar-refractivity contribution is 1.57. The minimum Gasteiger partial charge on any atom is -0.344 e. The van der Waals surface area contributed by atoms with Crippen LogP contribution in [0.3, 0.4) is 0 Å². The van der Waals surface area contributed by atoms with E-state index >= 15 is 0 Å². The third-order valence-electron chi connectivity index (χ3n) is 0. The molecule has 0 amide bonds. The summed E-state index contributed by atoms with van der Waals surface area (Å²) in [5.74, 6) is 0. The quantitative estimate of drug-likeness (QED) is 0.338. The lowest BCUT2D eigenvalue weighted by Gasteiger charge is -1.14. The maximum absolute atomic E-state index is 7.18. The Morgan fingerprint density at radius 2 is 1.33 bits per heavy atom. The summed E-state index contributed by atoms with van der Waals surface area (Å²) in [5, 5.41) is 8.63. The van der Waals surface area contributed by atoms with Crippen molar-refractivity contribution in [1.82, 2.24) is 12.3 Å². The third-order valence-corrected chi connectivity index (χ3v) is 0. The van der Waals surface area contributed by atoms with E-state index in [-0.39, 0.29) is 24.7 Å². The maximum atomic E-state index is 7.18. The number of hydrogen-bond donors (Lipinski definition) is 3. The molecule has 0 saturated heterocycles. The van der Waals surface area contributed by atoms with Gasteiger partial charge in [-0.15, -0.1) is 12.4 Å². The van der Waals surface area contributed by atoms with E-state index in [0.717, 1.165) is 0 Å². The fourth-order valence-electron chi connectivity index (χ4n) is 0. The van der Waals surface area contributed by atoms with Crippen molar-refractivity contribution in [3.63, 3.8) is 0 Å². The summed E-state index contributed by atoms with van der Waals surface area (Å²) >= 11 is 3.09. The summed E-state index contributed by atoms with van der Waals surface area (Å²) < 4.78 is 0. The van der Waals surface area contributed by atoms with E-state index in [2.05, 4.69) is 12.6 Å². The molecule has 40 valence electrons. The zero-order valence-electron chi connectivity index (χ0n) is 3.22. The van der Waals surface area contributed by atoms with Gasteiger partial charge in [-0.2, -0.15) is 5.26 Å². The lowest BCUT2D eigenvalue weighted by atomic mass is 11.8. The van der Waals surface area contributed by atoms with Crippen LogP contribution in [0.4, 0.5) is 0 Å². The zero-order valence-corrected chi connectivity index (χ0v) is 4.93. The molecule has 0 rings (SSSR count). The zero-order chi connectivity index (χ0) is 2.71. The van der Waals surface area contributed by atoms with Crippen molar-refractivity contribution in [3.05, 3.63) is 0 Å². The van der Waals surface area contributed by atoms with Crippen LogP contribution in [0.1, 0.15) is 0 Å². The topological polar surface area (TPSA) is 93.8 Å². The van der Waals surface area contributed by atoms with Gasteiger partial charge in [-0.05, 0) is 0 Å². The van der Waals surface area contributed by atoms with Crippen molar-refractivity contribution in [3.8, 4) is 5.40 Å². The van der Waals surface area contributed by atoms with Crippen LogP contribution in [-0.4, -0.2) is 0 Å². The number of hydrogen-bond acceptors (Lipinski definition) is 4. The van der Waals surface area contributed by atoms with Crippen LogP contribution in [0, 0.1) is 10.7 Å². The first-order valence-electron chi connectivity index (χ1n) is 0.447. The van der Waals surface area contributed by atoms with Gasteiger partial charge in [-0.25, -0.2) is 0 Å². The fourth-order valence-corrected chi connectivity index (χ4v) is 0. The number of nitriles is 1. The predicted molar refractivity (Wildman–Crippen MR) is 31.9 cm³/mol. The third kappa shape index (κ3) is 15100. The Bertz CT molecular complexity index is 32.3. The van der Waals surface area contributed by atoms with Crippen molar-refractivity contribution in [2.24, 2.45) is 0 Å². The van der Waals surface area contributed by atoms with E-state index in [9.17, 15) is 0 Å². The van der Waals surface area contributed by atoms with Crippen molar-refractivity contribution in [1.29, 1.82) is 5.26 Å². The molecule has 0 atom stereocenters. The maximum Gasteiger partial charge on any atom is 0.130 e. The number of rotatable bonds is 0. The second-order valence-electron chi connectivity index (χ2n) is 0.100. The normalized spacial score (nSPS) is 1.33. The highest BCUT2D eigenvalue weighted by atomic mass is 35.5. The van der Waals surface area contributed by atoms with Gasteiger partial charge in [0.25, 0.3) is 0 Å². The number of thiocyanates is 1. The molecule has 6 N–H and O–H groups in total. The van der Waals surface area contributed by atoms with Crippen LogP contribution >= 0.6 is 25.0 Å². The van der Waals surface area contributed by atoms with Gasteiger partial charge in [-0.3, -0.25) is 0 Å². The summed E-state index contributed by atoms with van der Waals surface area (Å²) in [6.45, 7) is 0. The van der Waals surface area contributed by atoms with Crippen LogP contribution in [0.2, 0.25) is 0 Å². The Kier molecular flexibility index (Phi) is 460. The van der Waals surface area contributed by atoms with Crippen molar-refractivity contribution < 1.29 is 0 Å². The van der Waals surface area contributed by atoms with Crippen LogP contribution in [0.25, 0.3) is 0 Å². The molecule has 0 aromatic heterocycles. The highest BCUT2D eigenvalue weighted by Gasteiger charge is 1.18. The molecule has 6 heavy (non-hydrogen) atoms. The van der Waals surface area contributed by atoms with E-state index in [1.807, 2.05) is 0 Å². The molecule has 0 radical (unpaired) electrons. The molecule has 0 heterocycles. The molecule has 0 aromatic rings. The molecule has 0 fully saturated rings. The monoisotopic (exact) mass is 129 g/mol. The lowest BCUT2D eigenvalue weighted by Crippen LogP contribution is -0.961. The van der Waals surface area contributed by atoms with E-state index in [1.54, 1.807) is 0 Å². The van der Waals surface area contributed by atoms with Gasteiger partial charge >= 0.3 is 0 Å². The molecular formula is CH8ClN3S. The predicted octanol–water partition coefficient (Wildman–Crippen LogP) is 1.14. The van der Waals surface area contributed by atoms with Gasteiger partial charge in [0.2, 0.25) is 0 Å². The second-order valence-corrected chi connectivity index (χ2v) is 0.300. The number of halogens is 1. The molecule has 0 bridgehead atoms. The Morgan fingerprint density at radius 3 is 1.33 bits per heavy atom. The highest BCUT2D eigenvalue weighted by Crippen LogP contribution is 1.46. The number of thiol groups is 1. The van der Waals surface area contributed by atoms with E-state index in [0.29, 0.717) is 0 Å². The second kappa shape index (κ2) is 75.1. The molecule has 0 aromatic carbocycles. The Hall–Kier alpha value is 0.0500. The summed E-state index contributed by atoms with van der Waals surface area (Å²) in [7, 11) is 0. The SMILES string of the molecule is Cl.N.N.N#CS. The smallest absolute Gasteiger partial charge is 0.130 e. The first-order chi connectivity index (χ1) is 1.41. The molecular weight excluding hydrogens is 122 g/mol. The minimum absolute atomic E-state index is 0. The molecule has 0 aliphatic rings. The summed E-state index contributed by atoms with van der Waals surface area (Å²) in [5.41, 5.74) is 0. The Morgan fingerprint density at radius 1 is 1.33 bits per heavy atom. The molecule has 0 aliphatic heterocycles. The van der Waals surface area contributed by atoms with Crippen LogP contribution < -0.4 is 12.3 Å². The summed E-state index contributed by atoms with van der Waals surface area (Å²) in [6.07, 6.45) is 0. The van der Waals surface area contributed by atoms with E-state index in [1.165, 1.54) is 5.40 Å². The summed E-state index contributed by atoms with van der Waals surface area (Å²) in [6, 6.07) is 0. The van der Waals surface area contributed by atoms with Gasteiger partial charge < -0.3 is 12.3 Å². The average molecular weight is 130 g/mol. The Labute approximate surface area is 48.7 Å². The average Bonchev–Trinajstić information content (AvgIpc) is 0.918. The van der Waals surface area contributed by atoms with Gasteiger partial charge in [0, 0.05) is 0 Å². The fraction of sp³-hybridized carbons (Fsp3) is 0. The van der Waals surface area contributed by atoms with Gasteiger partial charge in [0.05, 0.1) is 0 Å². The van der Waals surface area contributed by atoms with E-state index in [4.69, 9.17) is 5.26 Å². The van der Waals surface area contributed by atoms with Crippen LogP contribution in [-0.2, 0) is 0 Å². The van der Waals surface area contributed by atoms with E-state index < -0.39 is 0 Å². The van der Waals surface area contributed by atoms with Crippen molar-refractivity contribution in [2.75, 3.05) is 0 Å². The van der Waals surface area contributed by atoms with Crippen LogP contribution in [0.15, 0.2) is 0 Å². The molecule has 0 unspecified atom stereocenters. The van der Waals surface area contributed by atoms with Gasteiger partial charge in [0.1, 0.15) is 5.40 Å². The largest absolute Gasteiger partial charge is 0.344 e. The minimum atomic E-state index is 0. The first kappa shape index (κ1) is 36.7. The standard InChI is InChI=1S/CHNS.ClH.2H3N/c2-1-3;;;/h3H;1H;2*1H3. The van der Waals surface area contributed by atoms with Crippen molar-refractivity contribution >= 4 is 25.0 Å². The summed E-state index contributed by atoms with van der Waals surface area (Å²) in [4.78, 5) is 0. The van der Waals surface area contributed by atoms with Gasteiger partial charge in [-0.1, -0.05) is 12.6 Å². The Balaban J connectivity index is -0.00000000667. The first-order valence-corrected chi connectivity index (χ1v) is 0.894. The van der Waals surface area contributed by atoms with Crippen LogP contribution in [0.5, 0.6) is 0 Å². The molecule has 3 nitrogen and oxygen atoms in total. The molecule has 0 saturated carbocycles. The molecule has 0 aliphatic carbocycles. The molecule has 5 heteroatoms. The van der Waals surface area contributed by atoms with Gasteiger partial charge in [0.15, 0.2) is 0 Å².